The number of rotatable bonds is 4. The zero-order valence-corrected chi connectivity index (χ0v) is 11.7. The van der Waals surface area contributed by atoms with Crippen molar-refractivity contribution in [2.24, 2.45) is 5.73 Å². The molecule has 3 N–H and O–H groups in total. The van der Waals surface area contributed by atoms with Gasteiger partial charge >= 0.3 is 6.03 Å². The van der Waals surface area contributed by atoms with E-state index in [9.17, 15) is 4.79 Å². The van der Waals surface area contributed by atoms with Crippen LogP contribution in [0.25, 0.3) is 0 Å². The monoisotopic (exact) mass is 273 g/mol. The fourth-order valence-electron chi connectivity index (χ4n) is 1.82. The molecule has 0 aliphatic rings. The van der Waals surface area contributed by atoms with E-state index in [1.165, 1.54) is 0 Å². The first-order valence-electron chi connectivity index (χ1n) is 6.45. The van der Waals surface area contributed by atoms with E-state index < -0.39 is 0 Å². The summed E-state index contributed by atoms with van der Waals surface area (Å²) in [5.41, 5.74) is 7.31. The number of amides is 2. The van der Waals surface area contributed by atoms with E-state index in [0.717, 1.165) is 22.8 Å². The van der Waals surface area contributed by atoms with Crippen molar-refractivity contribution in [1.29, 1.82) is 0 Å². The molecule has 1 aromatic carbocycles. The molecule has 0 bridgehead atoms. The Bertz CT molecular complexity index is 575. The first-order chi connectivity index (χ1) is 9.58. The van der Waals surface area contributed by atoms with Crippen molar-refractivity contribution < 1.29 is 9.21 Å². The number of carbonyl (C=O) groups is 1. The van der Waals surface area contributed by atoms with Crippen LogP contribution in [0.4, 0.5) is 10.5 Å². The van der Waals surface area contributed by atoms with E-state index >= 15 is 0 Å². The molecule has 0 spiro atoms. The van der Waals surface area contributed by atoms with Crippen molar-refractivity contribution in [2.45, 2.75) is 20.0 Å². The van der Waals surface area contributed by atoms with Gasteiger partial charge in [0.15, 0.2) is 0 Å². The highest BCUT2D eigenvalue weighted by atomic mass is 16.3. The van der Waals surface area contributed by atoms with Gasteiger partial charge in [-0.05, 0) is 36.8 Å². The van der Waals surface area contributed by atoms with Gasteiger partial charge in [0, 0.05) is 19.3 Å². The summed E-state index contributed by atoms with van der Waals surface area (Å²) in [4.78, 5) is 13.6. The fourth-order valence-corrected chi connectivity index (χ4v) is 1.82. The minimum absolute atomic E-state index is 0.181. The van der Waals surface area contributed by atoms with Crippen molar-refractivity contribution in [1.82, 2.24) is 4.90 Å². The van der Waals surface area contributed by atoms with Gasteiger partial charge in [0.05, 0.1) is 6.54 Å². The van der Waals surface area contributed by atoms with Gasteiger partial charge in [-0.15, -0.1) is 0 Å². The molecule has 0 unspecified atom stereocenters. The molecule has 106 valence electrons. The lowest BCUT2D eigenvalue weighted by atomic mass is 10.2. The first kappa shape index (κ1) is 14.1. The van der Waals surface area contributed by atoms with Gasteiger partial charge in [-0.2, -0.15) is 0 Å². The summed E-state index contributed by atoms with van der Waals surface area (Å²) in [5, 5.41) is 2.82. The van der Waals surface area contributed by atoms with E-state index in [-0.39, 0.29) is 6.03 Å². The quantitative estimate of drug-likeness (QED) is 0.899. The number of furan rings is 1. The summed E-state index contributed by atoms with van der Waals surface area (Å²) in [7, 11) is 1.72. The van der Waals surface area contributed by atoms with E-state index in [1.54, 1.807) is 11.9 Å². The molecule has 0 radical (unpaired) electrons. The van der Waals surface area contributed by atoms with Crippen LogP contribution in [0.3, 0.4) is 0 Å². The van der Waals surface area contributed by atoms with Crippen molar-refractivity contribution in [3.8, 4) is 0 Å². The average molecular weight is 273 g/mol. The molecule has 0 saturated carbocycles. The highest BCUT2D eigenvalue weighted by Crippen LogP contribution is 2.12. The van der Waals surface area contributed by atoms with Gasteiger partial charge in [-0.1, -0.05) is 12.1 Å². The number of hydrogen-bond donors (Lipinski definition) is 2. The van der Waals surface area contributed by atoms with Crippen LogP contribution in [-0.2, 0) is 13.1 Å². The van der Waals surface area contributed by atoms with Crippen molar-refractivity contribution in [2.75, 3.05) is 12.4 Å². The number of anilines is 1. The third-order valence-electron chi connectivity index (χ3n) is 2.98. The van der Waals surface area contributed by atoms with Crippen molar-refractivity contribution in [3.05, 3.63) is 53.5 Å². The van der Waals surface area contributed by atoms with Gasteiger partial charge in [-0.3, -0.25) is 0 Å². The molecule has 20 heavy (non-hydrogen) atoms. The van der Waals surface area contributed by atoms with Crippen LogP contribution in [-0.4, -0.2) is 18.0 Å². The summed E-state index contributed by atoms with van der Waals surface area (Å²) < 4.78 is 5.45. The van der Waals surface area contributed by atoms with Crippen LogP contribution in [0.2, 0.25) is 0 Å². The summed E-state index contributed by atoms with van der Waals surface area (Å²) in [6.45, 7) is 2.80. The highest BCUT2D eigenvalue weighted by Gasteiger charge is 2.11. The van der Waals surface area contributed by atoms with Crippen molar-refractivity contribution in [3.63, 3.8) is 0 Å². The Balaban J connectivity index is 1.93. The maximum absolute atomic E-state index is 12.0. The minimum atomic E-state index is -0.181. The maximum Gasteiger partial charge on any atom is 0.321 e. The largest absolute Gasteiger partial charge is 0.464 e. The Labute approximate surface area is 118 Å². The van der Waals surface area contributed by atoms with Crippen molar-refractivity contribution >= 4 is 11.7 Å². The summed E-state index contributed by atoms with van der Waals surface area (Å²) in [6, 6.07) is 11.0. The molecule has 2 amide bonds. The number of urea groups is 1. The summed E-state index contributed by atoms with van der Waals surface area (Å²) in [6.07, 6.45) is 0. The molecule has 0 atom stereocenters. The lowest BCUT2D eigenvalue weighted by Gasteiger charge is -2.16. The number of carbonyl (C=O) groups excluding carboxylic acids is 1. The molecule has 0 fully saturated rings. The normalized spacial score (nSPS) is 10.3. The Morgan fingerprint density at radius 3 is 2.50 bits per heavy atom. The second-order valence-corrected chi connectivity index (χ2v) is 4.70. The number of nitrogens with zero attached hydrogens (tertiary/aromatic N) is 1. The molecule has 5 nitrogen and oxygen atoms in total. The Kier molecular flexibility index (Phi) is 4.42. The van der Waals surface area contributed by atoms with Crippen LogP contribution in [0, 0.1) is 6.92 Å². The summed E-state index contributed by atoms with van der Waals surface area (Å²) in [5.74, 6) is 1.60. The zero-order chi connectivity index (χ0) is 14.5. The van der Waals surface area contributed by atoms with Gasteiger partial charge in [0.2, 0.25) is 0 Å². The van der Waals surface area contributed by atoms with Crippen LogP contribution in [0.1, 0.15) is 17.1 Å². The third-order valence-corrected chi connectivity index (χ3v) is 2.98. The van der Waals surface area contributed by atoms with E-state index in [4.69, 9.17) is 10.2 Å². The molecule has 0 aliphatic carbocycles. The number of hydrogen-bond acceptors (Lipinski definition) is 3. The van der Waals surface area contributed by atoms with Crippen LogP contribution in [0.5, 0.6) is 0 Å². The van der Waals surface area contributed by atoms with E-state index in [0.29, 0.717) is 13.1 Å². The molecule has 1 heterocycles. The first-order valence-corrected chi connectivity index (χ1v) is 6.45. The Morgan fingerprint density at radius 2 is 1.95 bits per heavy atom. The molecule has 0 aliphatic heterocycles. The number of benzene rings is 1. The number of aryl methyl sites for hydroxylation is 1. The van der Waals surface area contributed by atoms with Gasteiger partial charge in [0.1, 0.15) is 11.5 Å². The molecule has 2 rings (SSSR count). The number of nitrogens with one attached hydrogen (secondary N) is 1. The molecule has 2 aromatic rings. The van der Waals surface area contributed by atoms with Gasteiger partial charge < -0.3 is 20.4 Å². The molecular formula is C15H19N3O2. The van der Waals surface area contributed by atoms with Crippen LogP contribution >= 0.6 is 0 Å². The SMILES string of the molecule is Cc1ccc(CN(C)C(=O)Nc2ccc(CN)cc2)o1. The van der Waals surface area contributed by atoms with Gasteiger partial charge in [-0.25, -0.2) is 4.79 Å². The lowest BCUT2D eigenvalue weighted by Crippen LogP contribution is -2.30. The minimum Gasteiger partial charge on any atom is -0.464 e. The lowest BCUT2D eigenvalue weighted by molar-refractivity contribution is 0.216. The van der Waals surface area contributed by atoms with E-state index in [1.807, 2.05) is 43.3 Å². The molecular weight excluding hydrogens is 254 g/mol. The molecule has 0 saturated heterocycles. The second kappa shape index (κ2) is 6.25. The Morgan fingerprint density at radius 1 is 1.25 bits per heavy atom. The molecule has 1 aromatic heterocycles. The topological polar surface area (TPSA) is 71.5 Å². The fraction of sp³-hybridized carbons (Fsp3) is 0.267. The Hall–Kier alpha value is -2.27. The van der Waals surface area contributed by atoms with E-state index in [2.05, 4.69) is 5.32 Å². The highest BCUT2D eigenvalue weighted by molar-refractivity contribution is 5.89. The predicted octanol–water partition coefficient (Wildman–Crippen LogP) is 2.71. The molecule has 5 heteroatoms. The number of nitrogens with two attached hydrogens (primary N) is 1. The zero-order valence-electron chi connectivity index (χ0n) is 11.7. The second-order valence-electron chi connectivity index (χ2n) is 4.70. The third kappa shape index (κ3) is 3.61. The smallest absolute Gasteiger partial charge is 0.321 e. The van der Waals surface area contributed by atoms with Crippen LogP contribution < -0.4 is 11.1 Å². The maximum atomic E-state index is 12.0. The van der Waals surface area contributed by atoms with Crippen LogP contribution in [0.15, 0.2) is 40.8 Å². The predicted molar refractivity (Wildman–Crippen MR) is 78.3 cm³/mol. The summed E-state index contributed by atoms with van der Waals surface area (Å²) >= 11 is 0. The van der Waals surface area contributed by atoms with Gasteiger partial charge in [0.25, 0.3) is 0 Å². The average Bonchev–Trinajstić information content (AvgIpc) is 2.85. The standard InChI is InChI=1S/C15H19N3O2/c1-11-3-8-14(20-11)10-18(2)15(19)17-13-6-4-12(9-16)5-7-13/h3-8H,9-10,16H2,1-2H3,(H,17,19).